The summed E-state index contributed by atoms with van der Waals surface area (Å²) >= 11 is 3.31. The van der Waals surface area contributed by atoms with Crippen molar-refractivity contribution < 1.29 is 9.90 Å². The van der Waals surface area contributed by atoms with Crippen molar-refractivity contribution in [2.45, 2.75) is 12.5 Å². The van der Waals surface area contributed by atoms with Gasteiger partial charge in [-0.25, -0.2) is 4.99 Å². The number of rotatable bonds is 1. The summed E-state index contributed by atoms with van der Waals surface area (Å²) in [7, 11) is 0. The summed E-state index contributed by atoms with van der Waals surface area (Å²) in [5.41, 5.74) is 0.220. The molecular weight excluding hydrogens is 246 g/mol. The predicted octanol–water partition coefficient (Wildman–Crippen LogP) is 1.94. The van der Waals surface area contributed by atoms with Crippen LogP contribution in [0.15, 0.2) is 27.7 Å². The molecule has 1 heterocycles. The fraction of sp³-hybridized carbons (Fsp3) is 0.200. The molecule has 0 saturated heterocycles. The van der Waals surface area contributed by atoms with Crippen molar-refractivity contribution >= 4 is 33.6 Å². The van der Waals surface area contributed by atoms with Crippen molar-refractivity contribution in [3.63, 3.8) is 0 Å². The minimum absolute atomic E-state index is 0.158. The van der Waals surface area contributed by atoms with Gasteiger partial charge >= 0.3 is 0 Å². The average molecular weight is 254 g/mol. The molecule has 1 atom stereocenters. The lowest BCUT2D eigenvalue weighted by molar-refractivity contribution is -0.103. The van der Waals surface area contributed by atoms with Crippen LogP contribution in [-0.2, 0) is 10.4 Å². The highest BCUT2D eigenvalue weighted by Crippen LogP contribution is 2.39. The van der Waals surface area contributed by atoms with E-state index in [1.54, 1.807) is 19.1 Å². The molecule has 1 aliphatic heterocycles. The number of carbonyl (C=O) groups excluding carboxylic acids is 1. The van der Waals surface area contributed by atoms with Crippen molar-refractivity contribution in [1.29, 1.82) is 0 Å². The van der Waals surface area contributed by atoms with E-state index in [-0.39, 0.29) is 5.71 Å². The van der Waals surface area contributed by atoms with Crippen LogP contribution < -0.4 is 0 Å². The molecule has 2 rings (SSSR count). The minimum atomic E-state index is -1.25. The Morgan fingerprint density at radius 3 is 2.93 bits per heavy atom. The molecule has 4 heteroatoms. The Kier molecular flexibility index (Phi) is 2.05. The van der Waals surface area contributed by atoms with Gasteiger partial charge in [-0.15, -0.1) is 0 Å². The number of fused-ring (bicyclic) bond motifs is 1. The number of nitrogens with zero attached hydrogens (tertiary/aromatic N) is 1. The van der Waals surface area contributed by atoms with Crippen LogP contribution in [0, 0.1) is 0 Å². The second-order valence-corrected chi connectivity index (χ2v) is 4.26. The normalized spacial score (nSPS) is 24.4. The van der Waals surface area contributed by atoms with E-state index in [9.17, 15) is 9.90 Å². The van der Waals surface area contributed by atoms with Gasteiger partial charge in [0.05, 0.1) is 5.69 Å². The Bertz CT molecular complexity index is 438. The Labute approximate surface area is 89.6 Å². The quantitative estimate of drug-likeness (QED) is 0.778. The number of aliphatic hydroxyl groups is 1. The third kappa shape index (κ3) is 1.22. The van der Waals surface area contributed by atoms with Gasteiger partial charge in [0, 0.05) is 10.0 Å². The minimum Gasteiger partial charge on any atom is -0.379 e. The van der Waals surface area contributed by atoms with Crippen molar-refractivity contribution in [2.75, 3.05) is 0 Å². The molecule has 0 radical (unpaired) electrons. The summed E-state index contributed by atoms with van der Waals surface area (Å²) in [6, 6.07) is 5.36. The fourth-order valence-electron chi connectivity index (χ4n) is 1.53. The third-order valence-corrected chi connectivity index (χ3v) is 2.83. The van der Waals surface area contributed by atoms with Gasteiger partial charge in [-0.05, 0) is 19.1 Å². The van der Waals surface area contributed by atoms with Gasteiger partial charge in [-0.3, -0.25) is 4.79 Å². The number of carbonyl (C=O) groups is 1. The first-order valence-electron chi connectivity index (χ1n) is 4.12. The molecule has 14 heavy (non-hydrogen) atoms. The van der Waals surface area contributed by atoms with Crippen LogP contribution in [0.25, 0.3) is 0 Å². The molecule has 0 fully saturated rings. The molecule has 0 aromatic heterocycles. The predicted molar refractivity (Wildman–Crippen MR) is 56.9 cm³/mol. The van der Waals surface area contributed by atoms with E-state index in [0.717, 1.165) is 4.47 Å². The van der Waals surface area contributed by atoms with E-state index in [1.165, 1.54) is 0 Å². The molecule has 0 bridgehead atoms. The van der Waals surface area contributed by atoms with Gasteiger partial charge in [0.1, 0.15) is 11.3 Å². The Morgan fingerprint density at radius 1 is 1.57 bits per heavy atom. The van der Waals surface area contributed by atoms with Gasteiger partial charge in [-0.1, -0.05) is 22.0 Å². The number of benzene rings is 1. The first kappa shape index (κ1) is 9.55. The summed E-state index contributed by atoms with van der Waals surface area (Å²) in [6.45, 7) is 1.57. The molecule has 1 N–H and O–H groups in total. The second-order valence-electron chi connectivity index (χ2n) is 3.35. The monoisotopic (exact) mass is 253 g/mol. The molecular formula is C10H8BrNO2. The third-order valence-electron chi connectivity index (χ3n) is 2.34. The highest BCUT2D eigenvalue weighted by atomic mass is 79.9. The van der Waals surface area contributed by atoms with Crippen molar-refractivity contribution in [3.05, 3.63) is 28.2 Å². The van der Waals surface area contributed by atoms with Crippen LogP contribution in [0.3, 0.4) is 0 Å². The summed E-state index contributed by atoms with van der Waals surface area (Å²) in [6.07, 6.45) is 0.591. The number of aldehydes is 1. The highest BCUT2D eigenvalue weighted by molar-refractivity contribution is 9.10. The zero-order chi connectivity index (χ0) is 10.3. The van der Waals surface area contributed by atoms with E-state index in [1.807, 2.05) is 6.07 Å². The molecule has 0 saturated carbocycles. The molecule has 1 unspecified atom stereocenters. The number of aliphatic imine (C=N–C) groups is 1. The van der Waals surface area contributed by atoms with Gasteiger partial charge in [0.15, 0.2) is 6.29 Å². The standard InChI is InChI=1S/C10H8BrNO2/c1-10(14)7-3-2-6(11)4-8(7)12-9(10)5-13/h2-5,14H,1H3. The van der Waals surface area contributed by atoms with Crippen LogP contribution in [-0.4, -0.2) is 17.1 Å². The number of hydrogen-bond donors (Lipinski definition) is 1. The lowest BCUT2D eigenvalue weighted by Crippen LogP contribution is -2.29. The molecule has 0 aliphatic carbocycles. The van der Waals surface area contributed by atoms with E-state index in [4.69, 9.17) is 0 Å². The zero-order valence-corrected chi connectivity index (χ0v) is 9.08. The number of hydrogen-bond acceptors (Lipinski definition) is 3. The molecule has 1 aromatic carbocycles. The lowest BCUT2D eigenvalue weighted by atomic mass is 9.93. The van der Waals surface area contributed by atoms with Crippen LogP contribution in [0.1, 0.15) is 12.5 Å². The van der Waals surface area contributed by atoms with E-state index >= 15 is 0 Å². The zero-order valence-electron chi connectivity index (χ0n) is 7.49. The SMILES string of the molecule is CC1(O)C(C=O)=Nc2cc(Br)ccc21. The first-order valence-corrected chi connectivity index (χ1v) is 4.92. The molecule has 3 nitrogen and oxygen atoms in total. The Balaban J connectivity index is 2.64. The summed E-state index contributed by atoms with van der Waals surface area (Å²) in [4.78, 5) is 14.7. The topological polar surface area (TPSA) is 49.7 Å². The van der Waals surface area contributed by atoms with Crippen LogP contribution in [0.2, 0.25) is 0 Å². The van der Waals surface area contributed by atoms with Crippen LogP contribution in [0.4, 0.5) is 5.69 Å². The molecule has 0 amide bonds. The van der Waals surface area contributed by atoms with Crippen molar-refractivity contribution in [3.8, 4) is 0 Å². The maximum absolute atomic E-state index is 10.7. The maximum Gasteiger partial charge on any atom is 0.167 e. The molecule has 1 aromatic rings. The smallest absolute Gasteiger partial charge is 0.167 e. The fourth-order valence-corrected chi connectivity index (χ4v) is 1.88. The molecule has 72 valence electrons. The van der Waals surface area contributed by atoms with E-state index < -0.39 is 5.60 Å². The van der Waals surface area contributed by atoms with Crippen LogP contribution >= 0.6 is 15.9 Å². The lowest BCUT2D eigenvalue weighted by Gasteiger charge is -2.17. The van der Waals surface area contributed by atoms with E-state index in [2.05, 4.69) is 20.9 Å². The summed E-state index contributed by atoms with van der Waals surface area (Å²) in [5.74, 6) is 0. The second kappa shape index (κ2) is 3.00. The maximum atomic E-state index is 10.7. The van der Waals surface area contributed by atoms with Crippen molar-refractivity contribution in [1.82, 2.24) is 0 Å². The first-order chi connectivity index (χ1) is 6.55. The van der Waals surface area contributed by atoms with Gasteiger partial charge in [-0.2, -0.15) is 0 Å². The Hall–Kier alpha value is -1.000. The summed E-state index contributed by atoms with van der Waals surface area (Å²) in [5, 5.41) is 10.0. The van der Waals surface area contributed by atoms with Gasteiger partial charge < -0.3 is 5.11 Å². The largest absolute Gasteiger partial charge is 0.379 e. The molecule has 0 spiro atoms. The van der Waals surface area contributed by atoms with Gasteiger partial charge in [0.2, 0.25) is 0 Å². The number of halogens is 1. The van der Waals surface area contributed by atoms with Crippen molar-refractivity contribution in [2.24, 2.45) is 4.99 Å². The molecule has 1 aliphatic rings. The van der Waals surface area contributed by atoms with E-state index in [0.29, 0.717) is 17.5 Å². The highest BCUT2D eigenvalue weighted by Gasteiger charge is 2.36. The summed E-state index contributed by atoms with van der Waals surface area (Å²) < 4.78 is 0.878. The average Bonchev–Trinajstić information content (AvgIpc) is 2.37. The van der Waals surface area contributed by atoms with Gasteiger partial charge in [0.25, 0.3) is 0 Å². The Morgan fingerprint density at radius 2 is 2.29 bits per heavy atom. The van der Waals surface area contributed by atoms with Crippen LogP contribution in [0.5, 0.6) is 0 Å².